The summed E-state index contributed by atoms with van der Waals surface area (Å²) in [6.07, 6.45) is 22.0. The second-order valence-corrected chi connectivity index (χ2v) is 42.1. The van der Waals surface area contributed by atoms with Gasteiger partial charge in [-0.2, -0.15) is 0 Å². The minimum atomic E-state index is -1.25. The fraction of sp³-hybridized carbons (Fsp3) is 0.577. The summed E-state index contributed by atoms with van der Waals surface area (Å²) in [5.41, 5.74) is 12.6. The van der Waals surface area contributed by atoms with Crippen LogP contribution in [0.5, 0.6) is 0 Å². The highest BCUT2D eigenvalue weighted by Gasteiger charge is 2.74. The van der Waals surface area contributed by atoms with Crippen molar-refractivity contribution >= 4 is 35.3 Å². The molecule has 18 rings (SSSR count). The molecule has 0 saturated heterocycles. The number of carbonyl (C=O) groups excluding carboxylic acids is 4. The average Bonchev–Trinajstić information content (AvgIpc) is 1.11. The van der Waals surface area contributed by atoms with E-state index in [1.54, 1.807) is 0 Å². The maximum absolute atomic E-state index is 14.2. The predicted molar refractivity (Wildman–Crippen MR) is 463 cm³/mol. The molecule has 628 valence electrons. The molecule has 6 N–H and O–H groups in total. The number of rotatable bonds is 14. The lowest BCUT2D eigenvalue weighted by Gasteiger charge is -2.72. The summed E-state index contributed by atoms with van der Waals surface area (Å²) in [4.78, 5) is 52.8. The summed E-state index contributed by atoms with van der Waals surface area (Å²) in [6, 6.07) is 49.7. The van der Waals surface area contributed by atoms with Crippen molar-refractivity contribution in [3.63, 3.8) is 0 Å². The molecule has 14 nitrogen and oxygen atoms in total. The molecule has 14 heteroatoms. The molecule has 0 bridgehead atoms. The Hall–Kier alpha value is -7.88. The number of carbonyl (C=O) groups is 4. The van der Waals surface area contributed by atoms with Crippen molar-refractivity contribution in [3.05, 3.63) is 202 Å². The number of hydrogen-bond donors (Lipinski definition) is 6. The summed E-state index contributed by atoms with van der Waals surface area (Å²) < 4.78 is 22.4. The summed E-state index contributed by atoms with van der Waals surface area (Å²) in [5.74, 6) is 1.73. The molecule has 2 unspecified atom stereocenters. The molecule has 0 aromatic heterocycles. The largest absolute Gasteiger partial charge is 0.465 e. The van der Waals surface area contributed by atoms with Crippen molar-refractivity contribution in [1.82, 2.24) is 10.6 Å². The number of amides is 2. The van der Waals surface area contributed by atoms with Gasteiger partial charge in [0.2, 0.25) is 0 Å². The maximum atomic E-state index is 14.2. The predicted octanol–water partition coefficient (Wildman–Crippen LogP) is 21.2. The second-order valence-electron chi connectivity index (χ2n) is 42.1. The van der Waals surface area contributed by atoms with Gasteiger partial charge in [0.25, 0.3) is 0 Å². The lowest BCUT2D eigenvalue weighted by Crippen LogP contribution is -2.69. The lowest BCUT2D eigenvalue weighted by atomic mass is 9.32. The Morgan fingerprint density at radius 2 is 0.729 bits per heavy atom. The number of ether oxygens (including phenoxy) is 4. The molecule has 0 aliphatic heterocycles. The Morgan fingerprint density at radius 3 is 1.05 bits per heavy atom. The van der Waals surface area contributed by atoms with Gasteiger partial charge in [0.15, 0.2) is 0 Å². The molecular formula is C104H130N2O12. The van der Waals surface area contributed by atoms with Gasteiger partial charge in [0, 0.05) is 22.9 Å². The van der Waals surface area contributed by atoms with E-state index in [4.69, 9.17) is 18.9 Å². The zero-order valence-electron chi connectivity index (χ0n) is 72.6. The van der Waals surface area contributed by atoms with Gasteiger partial charge in [0.05, 0.1) is 49.8 Å². The number of alkyl carbamates (subject to hydrolysis) is 2. The molecule has 0 heterocycles. The standard InChI is InChI=1S/2C52H65NO6/c2*1-47(2)39(32-16-18-33(19-17-32)45(55)58-7)22-25-48(3)42(47)24-26-50(5)43(48)21-20-40-44-41(51(6,57)31-54)23-27-52(44,29-28-49(40,50)4)53-46(56)59-30-38-36-14-10-8-12-34(36)35-13-9-11-15-37(35)38/h2*8-19,22,38,40-44,54,57H,20-21,23-31H2,1-7H3,(H,53,56)/t2*40-,41-,42+,43-,44+,48+,49-,50-,51?,52+/m11/s1. The normalized spacial score (nSPS) is 36.3. The summed E-state index contributed by atoms with van der Waals surface area (Å²) in [5, 5.41) is 52.2. The third-order valence-electron chi connectivity index (χ3n) is 36.9. The van der Waals surface area contributed by atoms with Crippen LogP contribution >= 0.6 is 0 Å². The number of esters is 2. The summed E-state index contributed by atoms with van der Waals surface area (Å²) in [7, 11) is 2.85. The van der Waals surface area contributed by atoms with Gasteiger partial charge in [0.1, 0.15) is 13.2 Å². The highest BCUT2D eigenvalue weighted by atomic mass is 16.6. The molecular weight excluding hydrogens is 1470 g/mol. The minimum absolute atomic E-state index is 0.00705. The van der Waals surface area contributed by atoms with Crippen LogP contribution in [0.4, 0.5) is 9.59 Å². The van der Waals surface area contributed by atoms with Crippen LogP contribution in [0.15, 0.2) is 158 Å². The van der Waals surface area contributed by atoms with E-state index in [1.165, 1.54) is 81.0 Å². The number of fused-ring (bicyclic) bond motifs is 20. The summed E-state index contributed by atoms with van der Waals surface area (Å²) >= 11 is 0. The minimum Gasteiger partial charge on any atom is -0.465 e. The lowest BCUT2D eigenvalue weighted by molar-refractivity contribution is -0.226. The molecule has 20 atom stereocenters. The molecule has 0 spiro atoms. The highest BCUT2D eigenvalue weighted by molar-refractivity contribution is 5.91. The Labute approximate surface area is 700 Å². The monoisotopic (exact) mass is 1600 g/mol. The first kappa shape index (κ1) is 82.4. The van der Waals surface area contributed by atoms with Crippen LogP contribution in [-0.2, 0) is 18.9 Å². The maximum Gasteiger partial charge on any atom is 0.407 e. The van der Waals surface area contributed by atoms with Crippen molar-refractivity contribution in [2.45, 2.75) is 233 Å². The topological polar surface area (TPSA) is 210 Å². The number of nitrogens with one attached hydrogen (secondary N) is 2. The zero-order chi connectivity index (χ0) is 83.5. The molecule has 2 amide bonds. The number of allylic oxidation sites excluding steroid dienone is 4. The molecule has 12 aliphatic carbocycles. The van der Waals surface area contributed by atoms with E-state index >= 15 is 0 Å². The molecule has 8 saturated carbocycles. The van der Waals surface area contributed by atoms with Crippen LogP contribution in [0.1, 0.15) is 265 Å². The first-order valence-electron chi connectivity index (χ1n) is 44.8. The van der Waals surface area contributed by atoms with Gasteiger partial charge in [-0.1, -0.05) is 203 Å². The average molecular weight is 1600 g/mol. The van der Waals surface area contributed by atoms with E-state index in [0.717, 1.165) is 116 Å². The summed E-state index contributed by atoms with van der Waals surface area (Å²) in [6.45, 7) is 28.8. The third-order valence-corrected chi connectivity index (χ3v) is 36.9. The van der Waals surface area contributed by atoms with Crippen LogP contribution < -0.4 is 10.6 Å². The van der Waals surface area contributed by atoms with E-state index in [1.807, 2.05) is 38.1 Å². The number of benzene rings is 6. The Bertz CT molecular complexity index is 4560. The van der Waals surface area contributed by atoms with Crippen LogP contribution in [0, 0.1) is 102 Å². The third kappa shape index (κ3) is 12.4. The number of aliphatic hydroxyl groups is 4. The van der Waals surface area contributed by atoms with Gasteiger partial charge >= 0.3 is 24.1 Å². The molecule has 8 fully saturated rings. The van der Waals surface area contributed by atoms with E-state index in [-0.39, 0.29) is 141 Å². The van der Waals surface area contributed by atoms with E-state index in [2.05, 4.69) is 213 Å². The first-order chi connectivity index (χ1) is 56.1. The quantitative estimate of drug-likeness (QED) is 0.0444. The van der Waals surface area contributed by atoms with Crippen LogP contribution in [0.25, 0.3) is 33.4 Å². The van der Waals surface area contributed by atoms with Gasteiger partial charge in [-0.3, -0.25) is 0 Å². The molecule has 12 aliphatic rings. The smallest absolute Gasteiger partial charge is 0.407 e. The number of hydrogen-bond acceptors (Lipinski definition) is 12. The van der Waals surface area contributed by atoms with Crippen molar-refractivity contribution < 1.29 is 58.6 Å². The van der Waals surface area contributed by atoms with Crippen LogP contribution in [0.2, 0.25) is 0 Å². The second kappa shape index (κ2) is 29.5. The van der Waals surface area contributed by atoms with E-state index in [0.29, 0.717) is 34.8 Å². The van der Waals surface area contributed by atoms with E-state index < -0.39 is 22.3 Å². The Kier molecular flexibility index (Phi) is 20.6. The molecule has 118 heavy (non-hydrogen) atoms. The zero-order valence-corrected chi connectivity index (χ0v) is 72.6. The first-order valence-corrected chi connectivity index (χ1v) is 44.8. The Morgan fingerprint density at radius 1 is 0.398 bits per heavy atom. The molecule has 0 radical (unpaired) electrons. The SMILES string of the molecule is COC(=O)c1ccc(C2=CC[C@]3(C)[C@H]4CC[C@@H]5[C@H]6[C@H](C(C)(O)CO)CC[C@]6(NC(=O)OCC6c7ccccc7-c7ccccc76)CC[C@@]5(C)[C@]4(C)CC[C@H]3C2(C)C)cc1.COC(=O)c1ccc(C2=CC[C@]3(C)[C@H]4CC[C@@H]5[C@H]6[C@H](C(C)(O)CO)CC[C@]6(NC(=O)OCC6c7ccccc7-c7ccccc76)CC[C@@]5(C)[C@]4(C)CC[C@H]3C2(C)C)cc1. The van der Waals surface area contributed by atoms with Crippen LogP contribution in [-0.4, -0.2) is 107 Å². The highest BCUT2D eigenvalue weighted by Crippen LogP contribution is 2.80. The van der Waals surface area contributed by atoms with Crippen molar-refractivity contribution in [1.29, 1.82) is 0 Å². The van der Waals surface area contributed by atoms with Crippen LogP contribution in [0.3, 0.4) is 0 Å². The van der Waals surface area contributed by atoms with Gasteiger partial charge in [-0.15, -0.1) is 0 Å². The van der Waals surface area contributed by atoms with Gasteiger partial charge in [-0.05, 0) is 323 Å². The van der Waals surface area contributed by atoms with Gasteiger partial charge < -0.3 is 50.0 Å². The number of aliphatic hydroxyl groups excluding tert-OH is 2. The fourth-order valence-corrected chi connectivity index (χ4v) is 30.9. The van der Waals surface area contributed by atoms with Gasteiger partial charge in [-0.25, -0.2) is 19.2 Å². The Balaban J connectivity index is 0.000000169. The van der Waals surface area contributed by atoms with Crippen molar-refractivity contribution in [3.8, 4) is 22.3 Å². The van der Waals surface area contributed by atoms with E-state index in [9.17, 15) is 39.6 Å². The van der Waals surface area contributed by atoms with Crippen molar-refractivity contribution in [2.24, 2.45) is 102 Å². The van der Waals surface area contributed by atoms with Crippen molar-refractivity contribution in [2.75, 3.05) is 40.6 Å². The molecule has 6 aromatic rings. The molecule has 6 aromatic carbocycles. The number of methoxy groups -OCH3 is 2. The fourth-order valence-electron chi connectivity index (χ4n) is 30.9.